The Morgan fingerprint density at radius 3 is 2.53 bits per heavy atom. The van der Waals surface area contributed by atoms with Gasteiger partial charge in [0.25, 0.3) is 0 Å². The fraction of sp³-hybridized carbons (Fsp3) is 0.462. The van der Waals surface area contributed by atoms with E-state index in [0.717, 1.165) is 12.0 Å². The molecule has 2 rings (SSSR count). The summed E-state index contributed by atoms with van der Waals surface area (Å²) in [6, 6.07) is 3.55. The van der Waals surface area contributed by atoms with Crippen molar-refractivity contribution in [3.63, 3.8) is 0 Å². The van der Waals surface area contributed by atoms with Crippen LogP contribution in [0.4, 0.5) is 0 Å². The molecule has 0 atom stereocenters. The van der Waals surface area contributed by atoms with Crippen LogP contribution in [-0.2, 0) is 10.2 Å². The second kappa shape index (κ2) is 4.22. The summed E-state index contributed by atoms with van der Waals surface area (Å²) in [5.74, 6) is -0.170. The minimum atomic E-state index is -0.803. The summed E-state index contributed by atoms with van der Waals surface area (Å²) >= 11 is 6.09. The number of benzene rings is 1. The standard InChI is InChI=1S/C13H15ClO3/c1-8-6-11(17-2)9(7-10(8)14)13(12(15)16)4-3-5-13/h6-7H,3-5H2,1-2H3,(H,15,16). The van der Waals surface area contributed by atoms with E-state index in [-0.39, 0.29) is 0 Å². The van der Waals surface area contributed by atoms with Crippen LogP contribution in [0.25, 0.3) is 0 Å². The normalized spacial score (nSPS) is 17.4. The second-order valence-electron chi connectivity index (χ2n) is 4.54. The molecule has 1 aromatic carbocycles. The number of carbonyl (C=O) groups is 1. The molecule has 1 fully saturated rings. The van der Waals surface area contributed by atoms with Gasteiger partial charge in [0, 0.05) is 10.6 Å². The van der Waals surface area contributed by atoms with Gasteiger partial charge in [-0.2, -0.15) is 0 Å². The van der Waals surface area contributed by atoms with Crippen molar-refractivity contribution in [1.82, 2.24) is 0 Å². The average Bonchev–Trinajstić information content (AvgIpc) is 2.20. The predicted octanol–water partition coefficient (Wildman–Crippen LogP) is 3.16. The number of aliphatic carboxylic acids is 1. The molecule has 0 saturated heterocycles. The lowest BCUT2D eigenvalue weighted by Crippen LogP contribution is -2.42. The van der Waals surface area contributed by atoms with Crippen molar-refractivity contribution in [3.05, 3.63) is 28.3 Å². The van der Waals surface area contributed by atoms with Crippen LogP contribution in [0.5, 0.6) is 5.75 Å². The van der Waals surface area contributed by atoms with Gasteiger partial charge >= 0.3 is 5.97 Å². The Morgan fingerprint density at radius 2 is 2.12 bits per heavy atom. The van der Waals surface area contributed by atoms with Gasteiger partial charge in [0.15, 0.2) is 0 Å². The monoisotopic (exact) mass is 254 g/mol. The SMILES string of the molecule is COc1cc(C)c(Cl)cc1C1(C(=O)O)CCC1. The highest BCUT2D eigenvalue weighted by molar-refractivity contribution is 6.31. The van der Waals surface area contributed by atoms with Crippen LogP contribution in [-0.4, -0.2) is 18.2 Å². The number of methoxy groups -OCH3 is 1. The van der Waals surface area contributed by atoms with Gasteiger partial charge in [0.1, 0.15) is 5.75 Å². The summed E-state index contributed by atoms with van der Waals surface area (Å²) in [6.07, 6.45) is 2.23. The van der Waals surface area contributed by atoms with Crippen LogP contribution in [0.3, 0.4) is 0 Å². The van der Waals surface area contributed by atoms with Gasteiger partial charge in [-0.15, -0.1) is 0 Å². The number of carboxylic acids is 1. The van der Waals surface area contributed by atoms with E-state index in [1.807, 2.05) is 6.92 Å². The Balaban J connectivity index is 2.57. The van der Waals surface area contributed by atoms with Gasteiger partial charge in [-0.05, 0) is 37.5 Å². The smallest absolute Gasteiger partial charge is 0.314 e. The van der Waals surface area contributed by atoms with Crippen LogP contribution >= 0.6 is 11.6 Å². The van der Waals surface area contributed by atoms with Gasteiger partial charge < -0.3 is 9.84 Å². The van der Waals surface area contributed by atoms with E-state index in [2.05, 4.69) is 0 Å². The Labute approximate surface area is 105 Å². The molecule has 0 radical (unpaired) electrons. The summed E-state index contributed by atoms with van der Waals surface area (Å²) in [6.45, 7) is 1.88. The molecular weight excluding hydrogens is 240 g/mol. The molecule has 0 unspecified atom stereocenters. The molecule has 0 aliphatic heterocycles. The van der Waals surface area contributed by atoms with E-state index >= 15 is 0 Å². The zero-order valence-corrected chi connectivity index (χ0v) is 10.7. The molecule has 1 saturated carbocycles. The topological polar surface area (TPSA) is 46.5 Å². The molecular formula is C13H15ClO3. The highest BCUT2D eigenvalue weighted by Gasteiger charge is 2.47. The number of aryl methyl sites for hydroxylation is 1. The maximum atomic E-state index is 11.5. The quantitative estimate of drug-likeness (QED) is 0.901. The Hall–Kier alpha value is -1.22. The molecule has 1 aliphatic carbocycles. The third-order valence-electron chi connectivity index (χ3n) is 3.61. The average molecular weight is 255 g/mol. The van der Waals surface area contributed by atoms with E-state index in [1.165, 1.54) is 0 Å². The molecule has 0 spiro atoms. The van der Waals surface area contributed by atoms with Crippen molar-refractivity contribution in [2.75, 3.05) is 7.11 Å². The molecule has 0 heterocycles. The Morgan fingerprint density at radius 1 is 1.47 bits per heavy atom. The van der Waals surface area contributed by atoms with Crippen molar-refractivity contribution in [1.29, 1.82) is 0 Å². The summed E-state index contributed by atoms with van der Waals surface area (Å²) in [4.78, 5) is 11.5. The van der Waals surface area contributed by atoms with Gasteiger partial charge in [-0.25, -0.2) is 0 Å². The van der Waals surface area contributed by atoms with Crippen LogP contribution in [0.15, 0.2) is 12.1 Å². The first-order valence-corrected chi connectivity index (χ1v) is 5.97. The molecule has 1 N–H and O–H groups in total. The Bertz CT molecular complexity index is 464. The molecule has 0 bridgehead atoms. The van der Waals surface area contributed by atoms with Crippen molar-refractivity contribution in [2.45, 2.75) is 31.6 Å². The summed E-state index contributed by atoms with van der Waals surface area (Å²) in [5, 5.41) is 10.0. The molecule has 4 heteroatoms. The molecule has 92 valence electrons. The first kappa shape index (κ1) is 12.2. The Kier molecular flexibility index (Phi) is 3.04. The second-order valence-corrected chi connectivity index (χ2v) is 4.95. The van der Waals surface area contributed by atoms with E-state index < -0.39 is 11.4 Å². The molecule has 0 aromatic heterocycles. The third kappa shape index (κ3) is 1.78. The van der Waals surface area contributed by atoms with E-state index in [1.54, 1.807) is 19.2 Å². The van der Waals surface area contributed by atoms with E-state index in [4.69, 9.17) is 16.3 Å². The van der Waals surface area contributed by atoms with Crippen molar-refractivity contribution >= 4 is 17.6 Å². The molecule has 1 aromatic rings. The highest BCUT2D eigenvalue weighted by atomic mass is 35.5. The minimum Gasteiger partial charge on any atom is -0.496 e. The fourth-order valence-electron chi connectivity index (χ4n) is 2.33. The fourth-order valence-corrected chi connectivity index (χ4v) is 2.49. The van der Waals surface area contributed by atoms with E-state index in [0.29, 0.717) is 29.2 Å². The van der Waals surface area contributed by atoms with Crippen molar-refractivity contribution in [3.8, 4) is 5.75 Å². The lowest BCUT2D eigenvalue weighted by Gasteiger charge is -2.39. The maximum Gasteiger partial charge on any atom is 0.314 e. The number of ether oxygens (including phenoxy) is 1. The van der Waals surface area contributed by atoms with Gasteiger partial charge in [-0.1, -0.05) is 18.0 Å². The number of carboxylic acid groups (broad SMARTS) is 1. The largest absolute Gasteiger partial charge is 0.496 e. The highest BCUT2D eigenvalue weighted by Crippen LogP contribution is 2.48. The van der Waals surface area contributed by atoms with Crippen LogP contribution < -0.4 is 4.74 Å². The minimum absolute atomic E-state index is 0.591. The third-order valence-corrected chi connectivity index (χ3v) is 4.02. The lowest BCUT2D eigenvalue weighted by molar-refractivity contribution is -0.147. The number of hydrogen-bond donors (Lipinski definition) is 1. The van der Waals surface area contributed by atoms with Crippen LogP contribution in [0, 0.1) is 6.92 Å². The van der Waals surface area contributed by atoms with Gasteiger partial charge in [0.05, 0.1) is 12.5 Å². The lowest BCUT2D eigenvalue weighted by atomic mass is 9.64. The van der Waals surface area contributed by atoms with Gasteiger partial charge in [-0.3, -0.25) is 4.79 Å². The van der Waals surface area contributed by atoms with Crippen molar-refractivity contribution < 1.29 is 14.6 Å². The number of rotatable bonds is 3. The van der Waals surface area contributed by atoms with E-state index in [9.17, 15) is 9.90 Å². The molecule has 0 amide bonds. The zero-order valence-electron chi connectivity index (χ0n) is 9.92. The first-order valence-electron chi connectivity index (χ1n) is 5.59. The predicted molar refractivity (Wildman–Crippen MR) is 65.9 cm³/mol. The van der Waals surface area contributed by atoms with Crippen molar-refractivity contribution in [2.24, 2.45) is 0 Å². The number of hydrogen-bond acceptors (Lipinski definition) is 2. The molecule has 3 nitrogen and oxygen atoms in total. The summed E-state index contributed by atoms with van der Waals surface area (Å²) in [5.41, 5.74) is 0.796. The number of halogens is 1. The van der Waals surface area contributed by atoms with Crippen LogP contribution in [0.2, 0.25) is 5.02 Å². The van der Waals surface area contributed by atoms with Gasteiger partial charge in [0.2, 0.25) is 0 Å². The zero-order chi connectivity index (χ0) is 12.6. The molecule has 1 aliphatic rings. The molecule has 17 heavy (non-hydrogen) atoms. The first-order chi connectivity index (χ1) is 8.01. The summed E-state index contributed by atoms with van der Waals surface area (Å²) < 4.78 is 5.29. The van der Waals surface area contributed by atoms with Crippen LogP contribution in [0.1, 0.15) is 30.4 Å². The maximum absolute atomic E-state index is 11.5. The summed E-state index contributed by atoms with van der Waals surface area (Å²) in [7, 11) is 1.56.